The monoisotopic (exact) mass is 523 g/mol. The van der Waals surface area contributed by atoms with E-state index in [0.29, 0.717) is 12.6 Å². The highest BCUT2D eigenvalue weighted by molar-refractivity contribution is 14.0. The van der Waals surface area contributed by atoms with Crippen molar-refractivity contribution in [2.75, 3.05) is 40.3 Å². The third kappa shape index (κ3) is 9.27. The lowest BCUT2D eigenvalue weighted by molar-refractivity contribution is 0.0278. The van der Waals surface area contributed by atoms with Gasteiger partial charge in [0.25, 0.3) is 0 Å². The molecule has 7 nitrogen and oxygen atoms in total. The number of carbonyl (C=O) groups is 1. The zero-order chi connectivity index (χ0) is 20.7. The third-order valence-corrected chi connectivity index (χ3v) is 5.53. The standard InChI is InChI=1S/C21H41N5O2.HI/c1-16(14-25(6)20(27)28-21(2,3)4)13-23-19(22-5)24-17-11-12-26(15-17)18-9-7-8-10-18;/h16-18H,7-15H2,1-6H3,(H2,22,23,24);1H. The number of carbonyl (C=O) groups excluding carboxylic acids is 1. The Balaban J connectivity index is 0.00000420. The van der Waals surface area contributed by atoms with E-state index in [0.717, 1.165) is 25.1 Å². The highest BCUT2D eigenvalue weighted by Gasteiger charge is 2.30. The molecule has 1 heterocycles. The van der Waals surface area contributed by atoms with Crippen LogP contribution < -0.4 is 10.6 Å². The number of ether oxygens (including phenoxy) is 1. The molecule has 2 aliphatic rings. The van der Waals surface area contributed by atoms with Crippen molar-refractivity contribution in [2.24, 2.45) is 10.9 Å². The fraction of sp³-hybridized carbons (Fsp3) is 0.905. The summed E-state index contributed by atoms with van der Waals surface area (Å²) < 4.78 is 5.41. The first-order valence-electron chi connectivity index (χ1n) is 10.8. The SMILES string of the molecule is CN=C(NCC(C)CN(C)C(=O)OC(C)(C)C)NC1CCN(C2CCCC2)C1.I. The molecule has 2 rings (SSSR count). The Kier molecular flexibility index (Phi) is 11.0. The molecule has 0 bridgehead atoms. The number of hydrogen-bond acceptors (Lipinski definition) is 4. The van der Waals surface area contributed by atoms with Crippen LogP contribution in [0.2, 0.25) is 0 Å². The maximum absolute atomic E-state index is 12.1. The number of likely N-dealkylation sites (tertiary alicyclic amines) is 1. The summed E-state index contributed by atoms with van der Waals surface area (Å²) in [5.74, 6) is 1.14. The van der Waals surface area contributed by atoms with Crippen molar-refractivity contribution in [3.63, 3.8) is 0 Å². The predicted molar refractivity (Wildman–Crippen MR) is 130 cm³/mol. The van der Waals surface area contributed by atoms with Crippen molar-refractivity contribution in [3.8, 4) is 0 Å². The van der Waals surface area contributed by atoms with Gasteiger partial charge in [-0.2, -0.15) is 0 Å². The zero-order valence-electron chi connectivity index (χ0n) is 19.2. The van der Waals surface area contributed by atoms with Crippen molar-refractivity contribution in [1.29, 1.82) is 0 Å². The van der Waals surface area contributed by atoms with Crippen molar-refractivity contribution in [3.05, 3.63) is 0 Å². The molecule has 29 heavy (non-hydrogen) atoms. The Morgan fingerprint density at radius 2 is 1.93 bits per heavy atom. The second-order valence-corrected chi connectivity index (χ2v) is 9.48. The summed E-state index contributed by atoms with van der Waals surface area (Å²) in [6.07, 6.45) is 6.40. The van der Waals surface area contributed by atoms with Gasteiger partial charge in [-0.25, -0.2) is 4.79 Å². The topological polar surface area (TPSA) is 69.2 Å². The molecule has 2 fully saturated rings. The number of rotatable bonds is 6. The van der Waals surface area contributed by atoms with Crippen LogP contribution in [0.1, 0.15) is 59.8 Å². The Labute approximate surface area is 194 Å². The molecule has 0 aromatic heterocycles. The molecule has 2 unspecified atom stereocenters. The van der Waals surface area contributed by atoms with Crippen molar-refractivity contribution in [1.82, 2.24) is 20.4 Å². The van der Waals surface area contributed by atoms with Crippen LogP contribution in [0.4, 0.5) is 4.79 Å². The van der Waals surface area contributed by atoms with E-state index in [1.165, 1.54) is 38.6 Å². The molecule has 2 N–H and O–H groups in total. The lowest BCUT2D eigenvalue weighted by Gasteiger charge is -2.27. The summed E-state index contributed by atoms with van der Waals surface area (Å²) in [5, 5.41) is 6.99. The minimum atomic E-state index is -0.466. The molecule has 170 valence electrons. The van der Waals surface area contributed by atoms with Gasteiger partial charge in [-0.15, -0.1) is 24.0 Å². The molecule has 0 radical (unpaired) electrons. The molecule has 1 aliphatic carbocycles. The van der Waals surface area contributed by atoms with E-state index in [1.807, 2.05) is 27.8 Å². The van der Waals surface area contributed by atoms with E-state index < -0.39 is 5.60 Å². The van der Waals surface area contributed by atoms with Crippen LogP contribution in [0, 0.1) is 5.92 Å². The summed E-state index contributed by atoms with van der Waals surface area (Å²) in [6.45, 7) is 11.5. The van der Waals surface area contributed by atoms with Crippen LogP contribution in [-0.2, 0) is 4.74 Å². The van der Waals surface area contributed by atoms with Crippen LogP contribution in [0.3, 0.4) is 0 Å². The van der Waals surface area contributed by atoms with Crippen LogP contribution in [0.5, 0.6) is 0 Å². The molecule has 0 aromatic rings. The first-order chi connectivity index (χ1) is 13.2. The largest absolute Gasteiger partial charge is 0.444 e. The van der Waals surface area contributed by atoms with Crippen LogP contribution in [-0.4, -0.2) is 79.8 Å². The maximum atomic E-state index is 12.1. The lowest BCUT2D eigenvalue weighted by atomic mass is 10.1. The number of aliphatic imine (C=N–C) groups is 1. The molecule has 1 saturated carbocycles. The Morgan fingerprint density at radius 3 is 2.52 bits per heavy atom. The first kappa shape index (κ1) is 26.3. The Bertz CT molecular complexity index is 532. The Hall–Kier alpha value is -0.770. The molecular formula is C21H42IN5O2. The van der Waals surface area contributed by atoms with Gasteiger partial charge in [-0.05, 0) is 46.0 Å². The summed E-state index contributed by atoms with van der Waals surface area (Å²) in [4.78, 5) is 20.8. The van der Waals surface area contributed by atoms with E-state index in [1.54, 1.807) is 11.9 Å². The lowest BCUT2D eigenvalue weighted by Crippen LogP contribution is -2.47. The van der Waals surface area contributed by atoms with Gasteiger partial charge in [0, 0.05) is 52.4 Å². The van der Waals surface area contributed by atoms with E-state index >= 15 is 0 Å². The van der Waals surface area contributed by atoms with Gasteiger partial charge in [0.05, 0.1) is 0 Å². The molecule has 2 atom stereocenters. The van der Waals surface area contributed by atoms with Crippen LogP contribution in [0.15, 0.2) is 4.99 Å². The van der Waals surface area contributed by atoms with E-state index in [-0.39, 0.29) is 36.0 Å². The zero-order valence-corrected chi connectivity index (χ0v) is 21.5. The fourth-order valence-corrected chi connectivity index (χ4v) is 4.11. The maximum Gasteiger partial charge on any atom is 0.410 e. The molecule has 1 amide bonds. The van der Waals surface area contributed by atoms with Gasteiger partial charge in [0.1, 0.15) is 5.60 Å². The fourth-order valence-electron chi connectivity index (χ4n) is 4.11. The van der Waals surface area contributed by atoms with Crippen molar-refractivity contribution >= 4 is 36.0 Å². The summed E-state index contributed by atoms with van der Waals surface area (Å²) in [5.41, 5.74) is -0.466. The Morgan fingerprint density at radius 1 is 1.28 bits per heavy atom. The highest BCUT2D eigenvalue weighted by atomic mass is 127. The normalized spacial score (nSPS) is 22.1. The van der Waals surface area contributed by atoms with Gasteiger partial charge in [-0.1, -0.05) is 19.8 Å². The molecule has 1 saturated heterocycles. The number of nitrogens with one attached hydrogen (secondary N) is 2. The van der Waals surface area contributed by atoms with Gasteiger partial charge in [0.2, 0.25) is 0 Å². The van der Waals surface area contributed by atoms with Crippen LogP contribution >= 0.6 is 24.0 Å². The molecular weight excluding hydrogens is 481 g/mol. The van der Waals surface area contributed by atoms with Gasteiger partial charge in [-0.3, -0.25) is 9.89 Å². The highest BCUT2D eigenvalue weighted by Crippen LogP contribution is 2.26. The number of guanidine groups is 1. The summed E-state index contributed by atoms with van der Waals surface area (Å²) in [7, 11) is 3.60. The average molecular weight is 524 g/mol. The molecule has 8 heteroatoms. The smallest absolute Gasteiger partial charge is 0.410 e. The second kappa shape index (κ2) is 12.2. The summed E-state index contributed by atoms with van der Waals surface area (Å²) in [6, 6.07) is 1.26. The molecule has 0 spiro atoms. The van der Waals surface area contributed by atoms with E-state index in [9.17, 15) is 4.79 Å². The minimum absolute atomic E-state index is 0. The number of halogens is 1. The molecule has 1 aliphatic heterocycles. The summed E-state index contributed by atoms with van der Waals surface area (Å²) >= 11 is 0. The number of nitrogens with zero attached hydrogens (tertiary/aromatic N) is 3. The van der Waals surface area contributed by atoms with Crippen molar-refractivity contribution in [2.45, 2.75) is 77.5 Å². The number of hydrogen-bond donors (Lipinski definition) is 2. The van der Waals surface area contributed by atoms with Crippen molar-refractivity contribution < 1.29 is 9.53 Å². The van der Waals surface area contributed by atoms with E-state index in [2.05, 4.69) is 27.4 Å². The first-order valence-corrected chi connectivity index (χ1v) is 10.8. The minimum Gasteiger partial charge on any atom is -0.444 e. The van der Waals surface area contributed by atoms with Gasteiger partial charge >= 0.3 is 6.09 Å². The van der Waals surface area contributed by atoms with Gasteiger partial charge < -0.3 is 20.3 Å². The predicted octanol–water partition coefficient (Wildman–Crippen LogP) is 3.29. The average Bonchev–Trinajstić information content (AvgIpc) is 3.28. The van der Waals surface area contributed by atoms with Crippen LogP contribution in [0.25, 0.3) is 0 Å². The number of amides is 1. The van der Waals surface area contributed by atoms with Gasteiger partial charge in [0.15, 0.2) is 5.96 Å². The second-order valence-electron chi connectivity index (χ2n) is 9.48. The quantitative estimate of drug-likeness (QED) is 0.318. The molecule has 0 aromatic carbocycles. The van der Waals surface area contributed by atoms with E-state index in [4.69, 9.17) is 4.74 Å². The third-order valence-electron chi connectivity index (χ3n) is 5.53.